The van der Waals surface area contributed by atoms with E-state index in [0.717, 1.165) is 0 Å². The molecule has 0 amide bonds. The van der Waals surface area contributed by atoms with Crippen molar-refractivity contribution in [2.45, 2.75) is 25.6 Å². The first kappa shape index (κ1) is 15.3. The number of esters is 1. The highest BCUT2D eigenvalue weighted by molar-refractivity contribution is 5.70. The maximum atomic E-state index is 13.5. The minimum Gasteiger partial charge on any atom is -0.466 e. The van der Waals surface area contributed by atoms with Gasteiger partial charge in [0.2, 0.25) is 0 Å². The average molecular weight is 275 g/mol. The zero-order chi connectivity index (χ0) is 14.6. The number of aliphatic hydroxyl groups is 2. The SMILES string of the molecule is CCOC(=O)CC(O)C(O)c1cc(F)c(N)cc1F. The van der Waals surface area contributed by atoms with Crippen molar-refractivity contribution in [3.63, 3.8) is 0 Å². The van der Waals surface area contributed by atoms with E-state index in [1.54, 1.807) is 6.92 Å². The molecule has 1 aromatic rings. The number of hydrogen-bond acceptors (Lipinski definition) is 5. The number of nitrogens with two attached hydrogens (primary N) is 1. The van der Waals surface area contributed by atoms with Crippen LogP contribution < -0.4 is 5.73 Å². The van der Waals surface area contributed by atoms with Crippen LogP contribution in [0.5, 0.6) is 0 Å². The lowest BCUT2D eigenvalue weighted by atomic mass is 10.0. The van der Waals surface area contributed by atoms with Gasteiger partial charge in [0.25, 0.3) is 0 Å². The quantitative estimate of drug-likeness (QED) is 0.548. The van der Waals surface area contributed by atoms with Gasteiger partial charge in [-0.2, -0.15) is 0 Å². The highest BCUT2D eigenvalue weighted by Gasteiger charge is 2.25. The molecule has 2 unspecified atom stereocenters. The molecule has 1 aromatic carbocycles. The van der Waals surface area contributed by atoms with E-state index < -0.39 is 47.5 Å². The number of halogens is 2. The summed E-state index contributed by atoms with van der Waals surface area (Å²) in [6, 6.07) is 1.38. The van der Waals surface area contributed by atoms with Gasteiger partial charge in [-0.15, -0.1) is 0 Å². The molecule has 4 N–H and O–H groups in total. The number of rotatable bonds is 5. The minimum atomic E-state index is -1.75. The molecule has 7 heteroatoms. The third-order valence-electron chi connectivity index (χ3n) is 2.48. The summed E-state index contributed by atoms with van der Waals surface area (Å²) in [5.74, 6) is -2.63. The normalized spacial score (nSPS) is 13.9. The molecule has 19 heavy (non-hydrogen) atoms. The van der Waals surface area contributed by atoms with Gasteiger partial charge in [-0.25, -0.2) is 8.78 Å². The molecule has 2 atom stereocenters. The average Bonchev–Trinajstić information content (AvgIpc) is 2.33. The van der Waals surface area contributed by atoms with Crippen LogP contribution in [0.3, 0.4) is 0 Å². The molecule has 0 spiro atoms. The number of anilines is 1. The Balaban J connectivity index is 2.85. The molecule has 0 aliphatic carbocycles. The zero-order valence-electron chi connectivity index (χ0n) is 10.3. The van der Waals surface area contributed by atoms with Gasteiger partial charge in [-0.3, -0.25) is 4.79 Å². The molecular formula is C12H15F2NO4. The highest BCUT2D eigenvalue weighted by Crippen LogP contribution is 2.25. The van der Waals surface area contributed by atoms with E-state index in [1.807, 2.05) is 0 Å². The molecule has 0 heterocycles. The molecule has 0 aliphatic heterocycles. The van der Waals surface area contributed by atoms with Crippen LogP contribution in [0.1, 0.15) is 25.0 Å². The van der Waals surface area contributed by atoms with E-state index in [9.17, 15) is 23.8 Å². The summed E-state index contributed by atoms with van der Waals surface area (Å²) in [5.41, 5.74) is 4.27. The Morgan fingerprint density at radius 1 is 1.37 bits per heavy atom. The molecule has 0 radical (unpaired) electrons. The van der Waals surface area contributed by atoms with Gasteiger partial charge in [0.15, 0.2) is 0 Å². The maximum Gasteiger partial charge on any atom is 0.308 e. The summed E-state index contributed by atoms with van der Waals surface area (Å²) in [5, 5.41) is 19.3. The minimum absolute atomic E-state index is 0.118. The summed E-state index contributed by atoms with van der Waals surface area (Å²) in [7, 11) is 0. The van der Waals surface area contributed by atoms with Gasteiger partial charge in [0.1, 0.15) is 17.7 Å². The number of ether oxygens (including phenoxy) is 1. The van der Waals surface area contributed by atoms with E-state index in [-0.39, 0.29) is 6.61 Å². The van der Waals surface area contributed by atoms with Crippen LogP contribution in [0.2, 0.25) is 0 Å². The summed E-state index contributed by atoms with van der Waals surface area (Å²) >= 11 is 0. The van der Waals surface area contributed by atoms with E-state index >= 15 is 0 Å². The third-order valence-corrected chi connectivity index (χ3v) is 2.48. The topological polar surface area (TPSA) is 92.8 Å². The van der Waals surface area contributed by atoms with Crippen molar-refractivity contribution in [1.82, 2.24) is 0 Å². The lowest BCUT2D eigenvalue weighted by Gasteiger charge is -2.18. The van der Waals surface area contributed by atoms with E-state index in [0.29, 0.717) is 12.1 Å². The van der Waals surface area contributed by atoms with Crippen molar-refractivity contribution in [2.24, 2.45) is 0 Å². The largest absolute Gasteiger partial charge is 0.466 e. The molecule has 5 nitrogen and oxygen atoms in total. The van der Waals surface area contributed by atoms with Crippen molar-refractivity contribution in [1.29, 1.82) is 0 Å². The van der Waals surface area contributed by atoms with Crippen molar-refractivity contribution in [3.8, 4) is 0 Å². The van der Waals surface area contributed by atoms with E-state index in [2.05, 4.69) is 4.74 Å². The third kappa shape index (κ3) is 3.87. The summed E-state index contributed by atoms with van der Waals surface area (Å²) < 4.78 is 31.3. The van der Waals surface area contributed by atoms with E-state index in [1.165, 1.54) is 0 Å². The maximum absolute atomic E-state index is 13.5. The lowest BCUT2D eigenvalue weighted by molar-refractivity contribution is -0.147. The summed E-state index contributed by atoms with van der Waals surface area (Å²) in [6.07, 6.45) is -3.88. The first-order valence-corrected chi connectivity index (χ1v) is 5.63. The van der Waals surface area contributed by atoms with Gasteiger partial charge in [0, 0.05) is 11.6 Å². The predicted octanol–water partition coefficient (Wildman–Crippen LogP) is 0.895. The zero-order valence-corrected chi connectivity index (χ0v) is 10.3. The van der Waals surface area contributed by atoms with Crippen LogP contribution in [-0.4, -0.2) is 28.9 Å². The second kappa shape index (κ2) is 6.44. The molecule has 1 rings (SSSR count). The Hall–Kier alpha value is -1.73. The van der Waals surface area contributed by atoms with Crippen molar-refractivity contribution in [3.05, 3.63) is 29.3 Å². The second-order valence-electron chi connectivity index (χ2n) is 3.92. The van der Waals surface area contributed by atoms with Gasteiger partial charge in [-0.1, -0.05) is 0 Å². The number of carbonyl (C=O) groups is 1. The van der Waals surface area contributed by atoms with Gasteiger partial charge in [-0.05, 0) is 13.0 Å². The summed E-state index contributed by atoms with van der Waals surface area (Å²) in [4.78, 5) is 11.1. The van der Waals surface area contributed by atoms with Crippen molar-refractivity contribution >= 4 is 11.7 Å². The first-order chi connectivity index (χ1) is 8.86. The number of nitrogen functional groups attached to an aromatic ring is 1. The van der Waals surface area contributed by atoms with Crippen LogP contribution in [0.25, 0.3) is 0 Å². The number of benzene rings is 1. The molecule has 0 fully saturated rings. The summed E-state index contributed by atoms with van der Waals surface area (Å²) in [6.45, 7) is 1.70. The van der Waals surface area contributed by atoms with Gasteiger partial charge in [0.05, 0.1) is 24.8 Å². The second-order valence-corrected chi connectivity index (χ2v) is 3.92. The Labute approximate surface area is 108 Å². The monoisotopic (exact) mass is 275 g/mol. The van der Waals surface area contributed by atoms with Gasteiger partial charge >= 0.3 is 5.97 Å². The number of carbonyl (C=O) groups excluding carboxylic acids is 1. The fourth-order valence-corrected chi connectivity index (χ4v) is 1.51. The number of aliphatic hydroxyl groups excluding tert-OH is 2. The van der Waals surface area contributed by atoms with Crippen LogP contribution in [0.15, 0.2) is 12.1 Å². The van der Waals surface area contributed by atoms with Crippen molar-refractivity contribution in [2.75, 3.05) is 12.3 Å². The van der Waals surface area contributed by atoms with Crippen molar-refractivity contribution < 1.29 is 28.5 Å². The molecule has 106 valence electrons. The van der Waals surface area contributed by atoms with Gasteiger partial charge < -0.3 is 20.7 Å². The Bertz CT molecular complexity index is 467. The fraction of sp³-hybridized carbons (Fsp3) is 0.417. The van der Waals surface area contributed by atoms with Crippen LogP contribution in [-0.2, 0) is 9.53 Å². The first-order valence-electron chi connectivity index (χ1n) is 5.63. The molecule has 0 saturated carbocycles. The predicted molar refractivity (Wildman–Crippen MR) is 63.0 cm³/mol. The number of hydrogen-bond donors (Lipinski definition) is 3. The molecule has 0 saturated heterocycles. The van der Waals surface area contributed by atoms with E-state index in [4.69, 9.17) is 5.73 Å². The molecule has 0 bridgehead atoms. The smallest absolute Gasteiger partial charge is 0.308 e. The molecule has 0 aliphatic rings. The molecular weight excluding hydrogens is 260 g/mol. The van der Waals surface area contributed by atoms with Crippen LogP contribution in [0.4, 0.5) is 14.5 Å². The lowest BCUT2D eigenvalue weighted by Crippen LogP contribution is -2.24. The standard InChI is InChI=1S/C12H15F2NO4/c1-2-19-11(17)5-10(16)12(18)6-3-8(14)9(15)4-7(6)13/h3-4,10,12,16,18H,2,5,15H2,1H3. The van der Waals surface area contributed by atoms with Crippen LogP contribution >= 0.6 is 0 Å². The molecule has 0 aromatic heterocycles. The Morgan fingerprint density at radius 3 is 2.58 bits per heavy atom. The highest BCUT2D eigenvalue weighted by atomic mass is 19.1. The Morgan fingerprint density at radius 2 is 2.00 bits per heavy atom. The van der Waals surface area contributed by atoms with Crippen LogP contribution in [0, 0.1) is 11.6 Å². The fourth-order valence-electron chi connectivity index (χ4n) is 1.51. The Kier molecular flexibility index (Phi) is 5.20.